The fraction of sp³-hybridized carbons (Fsp3) is 0.0909. The number of amides is 3. The van der Waals surface area contributed by atoms with Crippen LogP contribution in [0.1, 0.15) is 16.1 Å². The zero-order valence-corrected chi connectivity index (χ0v) is 17.1. The molecule has 8 nitrogen and oxygen atoms in total. The number of anilines is 2. The van der Waals surface area contributed by atoms with Gasteiger partial charge in [0.1, 0.15) is 0 Å². The number of nitrogens with two attached hydrogens (primary N) is 1. The Labute approximate surface area is 185 Å². The number of aryl methyl sites for hydroxylation is 1. The molecule has 2 aromatic heterocycles. The van der Waals surface area contributed by atoms with Gasteiger partial charge in [-0.15, -0.1) is 0 Å². The van der Waals surface area contributed by atoms with Gasteiger partial charge in [0.15, 0.2) is 5.69 Å². The number of benzene rings is 2. The SMILES string of the molecule is Cn1ncc2c(-c3ccc(NC(=O)Nc4cccc(C(F)(F)F)c4)cc3)cnc(C(N)=O)c21. The first-order valence-electron chi connectivity index (χ1n) is 9.59. The second-order valence-electron chi connectivity index (χ2n) is 7.15. The lowest BCUT2D eigenvalue weighted by Gasteiger charge is -2.11. The van der Waals surface area contributed by atoms with Gasteiger partial charge >= 0.3 is 12.2 Å². The highest BCUT2D eigenvalue weighted by Crippen LogP contribution is 2.31. The van der Waals surface area contributed by atoms with E-state index >= 15 is 0 Å². The Morgan fingerprint density at radius 3 is 2.36 bits per heavy atom. The van der Waals surface area contributed by atoms with E-state index in [0.29, 0.717) is 22.2 Å². The molecule has 4 aromatic rings. The summed E-state index contributed by atoms with van der Waals surface area (Å²) in [6, 6.07) is 10.4. The molecule has 4 rings (SSSR count). The molecule has 0 saturated heterocycles. The molecule has 0 saturated carbocycles. The van der Waals surface area contributed by atoms with Crippen molar-refractivity contribution in [3.05, 3.63) is 72.2 Å². The number of carbonyl (C=O) groups is 2. The van der Waals surface area contributed by atoms with E-state index in [1.807, 2.05) is 0 Å². The summed E-state index contributed by atoms with van der Waals surface area (Å²) in [6.45, 7) is 0. The van der Waals surface area contributed by atoms with Crippen LogP contribution in [0.5, 0.6) is 0 Å². The van der Waals surface area contributed by atoms with Gasteiger partial charge in [-0.25, -0.2) is 9.78 Å². The number of nitrogens with one attached hydrogen (secondary N) is 2. The van der Waals surface area contributed by atoms with Crippen molar-refractivity contribution in [3.8, 4) is 11.1 Å². The van der Waals surface area contributed by atoms with E-state index in [0.717, 1.165) is 17.7 Å². The molecule has 0 atom stereocenters. The number of halogens is 3. The van der Waals surface area contributed by atoms with E-state index in [2.05, 4.69) is 20.7 Å². The van der Waals surface area contributed by atoms with Gasteiger partial charge in [-0.3, -0.25) is 9.48 Å². The largest absolute Gasteiger partial charge is 0.416 e. The van der Waals surface area contributed by atoms with E-state index in [9.17, 15) is 22.8 Å². The zero-order valence-electron chi connectivity index (χ0n) is 17.1. The van der Waals surface area contributed by atoms with Gasteiger partial charge in [0, 0.05) is 35.6 Å². The molecule has 3 amide bonds. The summed E-state index contributed by atoms with van der Waals surface area (Å²) < 4.78 is 40.0. The number of urea groups is 1. The zero-order chi connectivity index (χ0) is 23.8. The van der Waals surface area contributed by atoms with Crippen LogP contribution >= 0.6 is 0 Å². The molecule has 168 valence electrons. The Morgan fingerprint density at radius 1 is 1.00 bits per heavy atom. The highest BCUT2D eigenvalue weighted by Gasteiger charge is 2.30. The van der Waals surface area contributed by atoms with Crippen LogP contribution in [-0.2, 0) is 13.2 Å². The van der Waals surface area contributed by atoms with E-state index in [1.54, 1.807) is 37.5 Å². The fourth-order valence-corrected chi connectivity index (χ4v) is 3.39. The average Bonchev–Trinajstić information content (AvgIpc) is 3.15. The number of primary amides is 1. The van der Waals surface area contributed by atoms with Gasteiger partial charge in [0.25, 0.3) is 5.91 Å². The first kappa shape index (κ1) is 21.8. The number of carbonyl (C=O) groups excluding carboxylic acids is 2. The standard InChI is InChI=1S/C22H17F3N6O2/c1-31-19-17(11-28-31)16(10-27-18(19)20(26)32)12-5-7-14(8-6-12)29-21(33)30-15-4-2-3-13(9-15)22(23,24)25/h2-11H,1H3,(H2,26,32)(H2,29,30,33). The second-order valence-corrected chi connectivity index (χ2v) is 7.15. The van der Waals surface area contributed by atoms with Gasteiger partial charge < -0.3 is 16.4 Å². The number of hydrogen-bond acceptors (Lipinski definition) is 4. The fourth-order valence-electron chi connectivity index (χ4n) is 3.39. The summed E-state index contributed by atoms with van der Waals surface area (Å²) in [5.74, 6) is -0.665. The highest BCUT2D eigenvalue weighted by molar-refractivity contribution is 6.07. The van der Waals surface area contributed by atoms with E-state index < -0.39 is 23.7 Å². The van der Waals surface area contributed by atoms with Gasteiger partial charge in [0.2, 0.25) is 0 Å². The maximum absolute atomic E-state index is 12.8. The van der Waals surface area contributed by atoms with Crippen molar-refractivity contribution in [2.45, 2.75) is 6.18 Å². The average molecular weight is 454 g/mol. The Hall–Kier alpha value is -4.41. The molecular weight excluding hydrogens is 437 g/mol. The van der Waals surface area contributed by atoms with Crippen LogP contribution in [0.15, 0.2) is 60.9 Å². The van der Waals surface area contributed by atoms with Crippen molar-refractivity contribution in [2.75, 3.05) is 10.6 Å². The molecule has 2 aromatic carbocycles. The molecule has 0 aliphatic rings. The topological polar surface area (TPSA) is 115 Å². The molecule has 11 heteroatoms. The van der Waals surface area contributed by atoms with Crippen LogP contribution < -0.4 is 16.4 Å². The van der Waals surface area contributed by atoms with Crippen molar-refractivity contribution >= 4 is 34.2 Å². The van der Waals surface area contributed by atoms with Crippen LogP contribution in [0.25, 0.3) is 22.0 Å². The minimum Gasteiger partial charge on any atom is -0.364 e. The second kappa shape index (κ2) is 8.26. The van der Waals surface area contributed by atoms with Gasteiger partial charge in [-0.2, -0.15) is 18.3 Å². The number of rotatable bonds is 4. The van der Waals surface area contributed by atoms with Crippen molar-refractivity contribution in [3.63, 3.8) is 0 Å². The Balaban J connectivity index is 1.52. The van der Waals surface area contributed by atoms with Crippen LogP contribution in [0.3, 0.4) is 0 Å². The molecule has 0 aliphatic heterocycles. The Bertz CT molecular complexity index is 1360. The highest BCUT2D eigenvalue weighted by atomic mass is 19.4. The van der Waals surface area contributed by atoms with Crippen LogP contribution in [0, 0.1) is 0 Å². The predicted octanol–water partition coefficient (Wildman–Crippen LogP) is 4.40. The van der Waals surface area contributed by atoms with Crippen molar-refractivity contribution < 1.29 is 22.8 Å². The molecule has 0 radical (unpaired) electrons. The summed E-state index contributed by atoms with van der Waals surface area (Å²) in [4.78, 5) is 28.0. The van der Waals surface area contributed by atoms with Gasteiger partial charge in [0.05, 0.1) is 17.3 Å². The third-order valence-corrected chi connectivity index (χ3v) is 4.91. The maximum atomic E-state index is 12.8. The number of nitrogens with zero attached hydrogens (tertiary/aromatic N) is 3. The predicted molar refractivity (Wildman–Crippen MR) is 117 cm³/mol. The van der Waals surface area contributed by atoms with Gasteiger partial charge in [-0.05, 0) is 35.9 Å². The molecule has 0 fully saturated rings. The van der Waals surface area contributed by atoms with Crippen LogP contribution in [-0.4, -0.2) is 26.7 Å². The molecule has 0 unspecified atom stereocenters. The van der Waals surface area contributed by atoms with Crippen LogP contribution in [0.4, 0.5) is 29.3 Å². The Morgan fingerprint density at radius 2 is 1.70 bits per heavy atom. The third kappa shape index (κ3) is 4.47. The molecule has 33 heavy (non-hydrogen) atoms. The monoisotopic (exact) mass is 454 g/mol. The summed E-state index contributed by atoms with van der Waals surface area (Å²) in [5, 5.41) is 9.81. The lowest BCUT2D eigenvalue weighted by atomic mass is 10.0. The number of aromatic nitrogens is 3. The van der Waals surface area contributed by atoms with Crippen molar-refractivity contribution in [1.29, 1.82) is 0 Å². The molecule has 0 aliphatic carbocycles. The van der Waals surface area contributed by atoms with E-state index in [-0.39, 0.29) is 11.4 Å². The molecule has 0 spiro atoms. The van der Waals surface area contributed by atoms with E-state index in [4.69, 9.17) is 5.73 Å². The number of pyridine rings is 1. The first-order valence-corrected chi connectivity index (χ1v) is 9.59. The molecule has 4 N–H and O–H groups in total. The normalized spacial score (nSPS) is 11.4. The summed E-state index contributed by atoms with van der Waals surface area (Å²) in [6.07, 6.45) is -1.38. The van der Waals surface area contributed by atoms with Crippen molar-refractivity contribution in [1.82, 2.24) is 14.8 Å². The lowest BCUT2D eigenvalue weighted by Crippen LogP contribution is -2.19. The lowest BCUT2D eigenvalue weighted by molar-refractivity contribution is -0.137. The molecule has 2 heterocycles. The number of fused-ring (bicyclic) bond motifs is 1. The summed E-state index contributed by atoms with van der Waals surface area (Å²) in [7, 11) is 1.68. The Kier molecular flexibility index (Phi) is 5.46. The quantitative estimate of drug-likeness (QED) is 0.424. The number of alkyl halides is 3. The van der Waals surface area contributed by atoms with Gasteiger partial charge in [-0.1, -0.05) is 18.2 Å². The minimum absolute atomic E-state index is 0.0125. The number of hydrogen-bond donors (Lipinski definition) is 3. The summed E-state index contributed by atoms with van der Waals surface area (Å²) in [5.41, 5.74) is 7.05. The third-order valence-electron chi connectivity index (χ3n) is 4.91. The molecule has 0 bridgehead atoms. The molecular formula is C22H17F3N6O2. The van der Waals surface area contributed by atoms with Crippen molar-refractivity contribution in [2.24, 2.45) is 12.8 Å². The maximum Gasteiger partial charge on any atom is 0.416 e. The summed E-state index contributed by atoms with van der Waals surface area (Å²) >= 11 is 0. The first-order chi connectivity index (χ1) is 15.6. The van der Waals surface area contributed by atoms with Crippen LogP contribution in [0.2, 0.25) is 0 Å². The smallest absolute Gasteiger partial charge is 0.364 e. The van der Waals surface area contributed by atoms with E-state index in [1.165, 1.54) is 23.0 Å². The minimum atomic E-state index is -4.51.